The Kier molecular flexibility index (Phi) is 3.27. The molecule has 0 aromatic heterocycles. The maximum Gasteiger partial charge on any atom is 0.324 e. The summed E-state index contributed by atoms with van der Waals surface area (Å²) in [6, 6.07) is 0. The molecule has 12 heavy (non-hydrogen) atoms. The molecule has 0 amide bonds. The number of hydrogen-bond acceptors (Lipinski definition) is 2. The van der Waals surface area contributed by atoms with E-state index in [0.29, 0.717) is 6.42 Å². The van der Waals surface area contributed by atoms with Gasteiger partial charge in [0.1, 0.15) is 0 Å². The summed E-state index contributed by atoms with van der Waals surface area (Å²) in [5.74, 6) is -2.56. The Morgan fingerprint density at radius 2 is 1.75 bits per heavy atom. The van der Waals surface area contributed by atoms with Gasteiger partial charge in [0, 0.05) is 0 Å². The molecule has 0 atom stereocenters. The number of rotatable bonds is 2. The minimum absolute atomic E-state index is 0. The van der Waals surface area contributed by atoms with Gasteiger partial charge in [-0.1, -0.05) is 12.2 Å². The molecular weight excluding hydrogens is 184 g/mol. The van der Waals surface area contributed by atoms with Crippen molar-refractivity contribution in [3.05, 3.63) is 12.2 Å². The van der Waals surface area contributed by atoms with Crippen LogP contribution in [0.25, 0.3) is 0 Å². The summed E-state index contributed by atoms with van der Waals surface area (Å²) in [4.78, 5) is 21.1. The number of carbonyl (C=O) groups is 2. The van der Waals surface area contributed by atoms with E-state index in [1.807, 2.05) is 0 Å². The number of hydrogen-bond donors (Lipinski definition) is 2. The van der Waals surface area contributed by atoms with Gasteiger partial charge in [0.2, 0.25) is 0 Å². The van der Waals surface area contributed by atoms with Gasteiger partial charge >= 0.3 is 11.9 Å². The van der Waals surface area contributed by atoms with Crippen LogP contribution in [-0.4, -0.2) is 22.2 Å². The van der Waals surface area contributed by atoms with Crippen LogP contribution in [0, 0.1) is 5.41 Å². The highest BCUT2D eigenvalue weighted by Gasteiger charge is 2.45. The van der Waals surface area contributed by atoms with Gasteiger partial charge in [0.05, 0.1) is 0 Å². The highest BCUT2D eigenvalue weighted by atomic mass is 35.5. The van der Waals surface area contributed by atoms with Gasteiger partial charge in [0.25, 0.3) is 0 Å². The van der Waals surface area contributed by atoms with Crippen LogP contribution >= 0.6 is 12.4 Å². The number of aliphatic carboxylic acids is 2. The van der Waals surface area contributed by atoms with Crippen molar-refractivity contribution in [1.29, 1.82) is 0 Å². The van der Waals surface area contributed by atoms with Crippen molar-refractivity contribution in [1.82, 2.24) is 0 Å². The molecule has 2 N–H and O–H groups in total. The lowest BCUT2D eigenvalue weighted by Crippen LogP contribution is -2.35. The van der Waals surface area contributed by atoms with Gasteiger partial charge in [-0.25, -0.2) is 0 Å². The number of allylic oxidation sites excluding steroid dienone is 1. The maximum absolute atomic E-state index is 10.5. The smallest absolute Gasteiger partial charge is 0.324 e. The van der Waals surface area contributed by atoms with Crippen LogP contribution in [-0.2, 0) is 9.59 Å². The third-order valence-electron chi connectivity index (χ3n) is 1.87. The van der Waals surface area contributed by atoms with Gasteiger partial charge in [-0.2, -0.15) is 0 Å². The van der Waals surface area contributed by atoms with Gasteiger partial charge < -0.3 is 10.2 Å². The first-order valence-corrected chi connectivity index (χ1v) is 3.24. The Hall–Kier alpha value is -1.03. The van der Waals surface area contributed by atoms with Crippen molar-refractivity contribution in [2.45, 2.75) is 12.8 Å². The van der Waals surface area contributed by atoms with E-state index in [1.54, 1.807) is 6.08 Å². The maximum atomic E-state index is 10.5. The standard InChI is InChI=1S/C7H8O4.ClH/c8-5(9)7(6(10)11)3-1-2-4-7;/h1,3H,2,4H2,(H,8,9)(H,10,11);1H. The quantitative estimate of drug-likeness (QED) is 0.504. The van der Waals surface area contributed by atoms with Gasteiger partial charge in [-0.3, -0.25) is 9.59 Å². The summed E-state index contributed by atoms with van der Waals surface area (Å²) in [6.07, 6.45) is 3.52. The van der Waals surface area contributed by atoms with Crippen LogP contribution < -0.4 is 0 Å². The summed E-state index contributed by atoms with van der Waals surface area (Å²) in [6.45, 7) is 0. The first-order chi connectivity index (χ1) is 5.09. The van der Waals surface area contributed by atoms with E-state index in [-0.39, 0.29) is 18.8 Å². The first-order valence-electron chi connectivity index (χ1n) is 3.24. The number of halogens is 1. The topological polar surface area (TPSA) is 74.6 Å². The van der Waals surface area contributed by atoms with E-state index in [9.17, 15) is 9.59 Å². The Balaban J connectivity index is 0.00000121. The molecule has 0 saturated heterocycles. The zero-order chi connectivity index (χ0) is 8.48. The molecule has 0 unspecified atom stereocenters. The van der Waals surface area contributed by atoms with Gasteiger partial charge in [0.15, 0.2) is 5.41 Å². The lowest BCUT2D eigenvalue weighted by molar-refractivity contribution is -0.160. The molecule has 68 valence electrons. The van der Waals surface area contributed by atoms with Crippen molar-refractivity contribution in [2.24, 2.45) is 5.41 Å². The Bertz CT molecular complexity index is 220. The average molecular weight is 193 g/mol. The Morgan fingerprint density at radius 1 is 1.25 bits per heavy atom. The van der Waals surface area contributed by atoms with Crippen molar-refractivity contribution in [3.8, 4) is 0 Å². The first kappa shape index (κ1) is 11.0. The molecule has 0 heterocycles. The minimum Gasteiger partial charge on any atom is -0.480 e. The van der Waals surface area contributed by atoms with E-state index in [4.69, 9.17) is 10.2 Å². The Morgan fingerprint density at radius 3 is 1.92 bits per heavy atom. The molecule has 1 rings (SSSR count). The number of carboxylic acid groups (broad SMARTS) is 2. The fraction of sp³-hybridized carbons (Fsp3) is 0.429. The highest BCUT2D eigenvalue weighted by molar-refractivity contribution is 6.00. The molecule has 0 radical (unpaired) electrons. The third kappa shape index (κ3) is 1.43. The molecule has 0 aromatic rings. The molecule has 0 aromatic carbocycles. The van der Waals surface area contributed by atoms with Crippen LogP contribution in [0.3, 0.4) is 0 Å². The second kappa shape index (κ2) is 3.58. The normalized spacial score (nSPS) is 18.3. The van der Waals surface area contributed by atoms with E-state index in [0.717, 1.165) is 0 Å². The van der Waals surface area contributed by atoms with Crippen molar-refractivity contribution in [2.75, 3.05) is 0 Å². The summed E-state index contributed by atoms with van der Waals surface area (Å²) in [7, 11) is 0. The molecular formula is C7H9ClO4. The lowest BCUT2D eigenvalue weighted by atomic mass is 9.88. The zero-order valence-corrected chi connectivity index (χ0v) is 7.00. The van der Waals surface area contributed by atoms with Crippen LogP contribution in [0.1, 0.15) is 12.8 Å². The second-order valence-corrected chi connectivity index (χ2v) is 2.52. The molecule has 0 aliphatic heterocycles. The molecule has 1 aliphatic carbocycles. The predicted molar refractivity (Wildman–Crippen MR) is 43.3 cm³/mol. The fourth-order valence-electron chi connectivity index (χ4n) is 1.13. The molecule has 5 heteroatoms. The largest absolute Gasteiger partial charge is 0.480 e. The zero-order valence-electron chi connectivity index (χ0n) is 6.19. The SMILES string of the molecule is Cl.O=C(O)C1(C(=O)O)C=CCC1. The van der Waals surface area contributed by atoms with E-state index >= 15 is 0 Å². The molecule has 0 fully saturated rings. The van der Waals surface area contributed by atoms with Crippen LogP contribution in [0.4, 0.5) is 0 Å². The molecule has 0 spiro atoms. The van der Waals surface area contributed by atoms with Gasteiger partial charge in [-0.05, 0) is 12.8 Å². The average Bonchev–Trinajstić information content (AvgIpc) is 2.34. The lowest BCUT2D eigenvalue weighted by Gasteiger charge is -2.15. The molecule has 0 bridgehead atoms. The van der Waals surface area contributed by atoms with Crippen LogP contribution in [0.15, 0.2) is 12.2 Å². The summed E-state index contributed by atoms with van der Waals surface area (Å²) < 4.78 is 0. The van der Waals surface area contributed by atoms with Crippen molar-refractivity contribution >= 4 is 24.3 Å². The summed E-state index contributed by atoms with van der Waals surface area (Å²) in [5, 5.41) is 17.2. The monoisotopic (exact) mass is 192 g/mol. The van der Waals surface area contributed by atoms with Crippen LogP contribution in [0.2, 0.25) is 0 Å². The van der Waals surface area contributed by atoms with E-state index < -0.39 is 17.4 Å². The molecule has 4 nitrogen and oxygen atoms in total. The van der Waals surface area contributed by atoms with Gasteiger partial charge in [-0.15, -0.1) is 12.4 Å². The van der Waals surface area contributed by atoms with E-state index in [1.165, 1.54) is 6.08 Å². The van der Waals surface area contributed by atoms with Crippen LogP contribution in [0.5, 0.6) is 0 Å². The predicted octanol–water partition coefficient (Wildman–Crippen LogP) is 0.914. The second-order valence-electron chi connectivity index (χ2n) is 2.52. The Labute approximate surface area is 75.3 Å². The highest BCUT2D eigenvalue weighted by Crippen LogP contribution is 2.32. The third-order valence-corrected chi connectivity index (χ3v) is 1.87. The minimum atomic E-state index is -1.65. The fourth-order valence-corrected chi connectivity index (χ4v) is 1.13. The summed E-state index contributed by atoms with van der Waals surface area (Å²) >= 11 is 0. The number of carboxylic acids is 2. The molecule has 0 saturated carbocycles. The van der Waals surface area contributed by atoms with Crippen molar-refractivity contribution < 1.29 is 19.8 Å². The van der Waals surface area contributed by atoms with Crippen molar-refractivity contribution in [3.63, 3.8) is 0 Å². The summed E-state index contributed by atoms with van der Waals surface area (Å²) in [5.41, 5.74) is -1.65. The molecule has 1 aliphatic rings. The van der Waals surface area contributed by atoms with E-state index in [2.05, 4.69) is 0 Å².